The average molecular weight is 195 g/mol. The van der Waals surface area contributed by atoms with Crippen molar-refractivity contribution in [3.8, 4) is 0 Å². The number of fused-ring (bicyclic) bond motifs is 2. The van der Waals surface area contributed by atoms with E-state index in [0.717, 1.165) is 11.8 Å². The molecule has 1 nitrogen and oxygen atoms in total. The Morgan fingerprint density at radius 3 is 1.86 bits per heavy atom. The predicted molar refractivity (Wildman–Crippen MR) is 61.3 cm³/mol. The SMILES string of the molecule is CC1CC2(C)N(C)C(C)(C)C1C2(C)C. The maximum atomic E-state index is 2.63. The van der Waals surface area contributed by atoms with E-state index in [1.54, 1.807) is 0 Å². The van der Waals surface area contributed by atoms with Crippen LogP contribution in [0.1, 0.15) is 48.0 Å². The fourth-order valence-corrected chi connectivity index (χ4v) is 5.05. The van der Waals surface area contributed by atoms with Gasteiger partial charge < -0.3 is 0 Å². The van der Waals surface area contributed by atoms with Gasteiger partial charge >= 0.3 is 0 Å². The van der Waals surface area contributed by atoms with E-state index >= 15 is 0 Å². The van der Waals surface area contributed by atoms with Gasteiger partial charge in [-0.15, -0.1) is 0 Å². The zero-order chi connectivity index (χ0) is 10.9. The Morgan fingerprint density at radius 2 is 1.57 bits per heavy atom. The smallest absolute Gasteiger partial charge is 0.0240 e. The lowest BCUT2D eigenvalue weighted by Gasteiger charge is -2.47. The molecule has 2 bridgehead atoms. The van der Waals surface area contributed by atoms with E-state index in [1.165, 1.54) is 6.42 Å². The Balaban J connectivity index is 2.55. The minimum Gasteiger partial charge on any atom is -0.295 e. The first-order valence-corrected chi connectivity index (χ1v) is 5.89. The monoisotopic (exact) mass is 195 g/mol. The molecule has 3 unspecified atom stereocenters. The molecule has 82 valence electrons. The molecular weight excluding hydrogens is 170 g/mol. The topological polar surface area (TPSA) is 3.24 Å². The molecule has 1 heterocycles. The number of piperidine rings is 1. The zero-order valence-electron chi connectivity index (χ0n) is 10.8. The van der Waals surface area contributed by atoms with Crippen LogP contribution in [-0.2, 0) is 0 Å². The lowest BCUT2D eigenvalue weighted by Crippen LogP contribution is -2.53. The van der Waals surface area contributed by atoms with Gasteiger partial charge in [0, 0.05) is 11.1 Å². The largest absolute Gasteiger partial charge is 0.295 e. The van der Waals surface area contributed by atoms with E-state index < -0.39 is 0 Å². The molecule has 3 atom stereocenters. The summed E-state index contributed by atoms with van der Waals surface area (Å²) in [5.41, 5.74) is 1.24. The molecule has 2 rings (SSSR count). The fraction of sp³-hybridized carbons (Fsp3) is 1.00. The third-order valence-electron chi connectivity index (χ3n) is 5.82. The quantitative estimate of drug-likeness (QED) is 0.574. The van der Waals surface area contributed by atoms with Crippen molar-refractivity contribution >= 4 is 0 Å². The van der Waals surface area contributed by atoms with Crippen LogP contribution in [0, 0.1) is 17.3 Å². The molecule has 2 fully saturated rings. The van der Waals surface area contributed by atoms with Crippen molar-refractivity contribution in [3.05, 3.63) is 0 Å². The van der Waals surface area contributed by atoms with Crippen LogP contribution in [0.5, 0.6) is 0 Å². The van der Waals surface area contributed by atoms with Gasteiger partial charge in [0.05, 0.1) is 0 Å². The van der Waals surface area contributed by atoms with E-state index in [1.807, 2.05) is 0 Å². The summed E-state index contributed by atoms with van der Waals surface area (Å²) in [7, 11) is 2.31. The third-order valence-corrected chi connectivity index (χ3v) is 5.82. The first-order valence-electron chi connectivity index (χ1n) is 5.89. The van der Waals surface area contributed by atoms with E-state index in [9.17, 15) is 0 Å². The summed E-state index contributed by atoms with van der Waals surface area (Å²) in [6, 6.07) is 0. The van der Waals surface area contributed by atoms with Crippen LogP contribution in [0.3, 0.4) is 0 Å². The van der Waals surface area contributed by atoms with Gasteiger partial charge in [0.1, 0.15) is 0 Å². The van der Waals surface area contributed by atoms with Crippen molar-refractivity contribution in [2.45, 2.75) is 59.0 Å². The molecule has 1 aliphatic carbocycles. The van der Waals surface area contributed by atoms with Gasteiger partial charge in [0.25, 0.3) is 0 Å². The molecule has 2 aliphatic rings. The van der Waals surface area contributed by atoms with Crippen molar-refractivity contribution in [1.29, 1.82) is 0 Å². The highest BCUT2D eigenvalue weighted by molar-refractivity contribution is 5.22. The van der Waals surface area contributed by atoms with E-state index in [-0.39, 0.29) is 0 Å². The van der Waals surface area contributed by atoms with Gasteiger partial charge in [0.15, 0.2) is 0 Å². The van der Waals surface area contributed by atoms with Gasteiger partial charge in [0.2, 0.25) is 0 Å². The molecule has 1 saturated heterocycles. The number of likely N-dealkylation sites (tertiary alicyclic amines) is 1. The van der Waals surface area contributed by atoms with Gasteiger partial charge in [-0.05, 0) is 51.5 Å². The Kier molecular flexibility index (Phi) is 1.77. The molecule has 0 aromatic rings. The maximum Gasteiger partial charge on any atom is 0.0240 e. The number of rotatable bonds is 0. The number of hydrogen-bond acceptors (Lipinski definition) is 1. The second kappa shape index (κ2) is 2.37. The van der Waals surface area contributed by atoms with Crippen molar-refractivity contribution in [1.82, 2.24) is 4.90 Å². The van der Waals surface area contributed by atoms with Gasteiger partial charge in [-0.3, -0.25) is 4.90 Å². The standard InChI is InChI=1S/C13H25N/c1-9-8-13(6)11(2,3)10(9)12(4,5)14(13)7/h9-10H,8H2,1-7H3. The Morgan fingerprint density at radius 1 is 1.07 bits per heavy atom. The third kappa shape index (κ3) is 0.816. The second-order valence-corrected chi connectivity index (χ2v) is 6.87. The summed E-state index contributed by atoms with van der Waals surface area (Å²) in [6.45, 7) is 14.7. The molecule has 1 heteroatoms. The minimum atomic E-state index is 0.371. The van der Waals surface area contributed by atoms with Gasteiger partial charge in [-0.25, -0.2) is 0 Å². The summed E-state index contributed by atoms with van der Waals surface area (Å²) in [5, 5.41) is 0. The summed E-state index contributed by atoms with van der Waals surface area (Å²) in [4.78, 5) is 2.63. The maximum absolute atomic E-state index is 2.63. The van der Waals surface area contributed by atoms with E-state index in [2.05, 4.69) is 53.5 Å². The zero-order valence-corrected chi connectivity index (χ0v) is 10.8. The van der Waals surface area contributed by atoms with Crippen LogP contribution in [0.2, 0.25) is 0 Å². The Bertz CT molecular complexity index is 266. The van der Waals surface area contributed by atoms with Crippen LogP contribution in [-0.4, -0.2) is 23.0 Å². The van der Waals surface area contributed by atoms with Gasteiger partial charge in [-0.2, -0.15) is 0 Å². The minimum absolute atomic E-state index is 0.371. The number of hydrogen-bond donors (Lipinski definition) is 0. The molecule has 1 aliphatic heterocycles. The molecular formula is C13H25N. The molecule has 14 heavy (non-hydrogen) atoms. The summed E-state index contributed by atoms with van der Waals surface area (Å²) in [6.07, 6.45) is 1.37. The van der Waals surface area contributed by atoms with Crippen molar-refractivity contribution < 1.29 is 0 Å². The van der Waals surface area contributed by atoms with Crippen LogP contribution in [0.4, 0.5) is 0 Å². The van der Waals surface area contributed by atoms with E-state index in [4.69, 9.17) is 0 Å². The van der Waals surface area contributed by atoms with Gasteiger partial charge in [-0.1, -0.05) is 20.8 Å². The number of nitrogens with zero attached hydrogens (tertiary/aromatic N) is 1. The molecule has 0 aromatic heterocycles. The normalized spacial score (nSPS) is 49.9. The Labute approximate surface area is 88.9 Å². The lowest BCUT2D eigenvalue weighted by atomic mass is 9.70. The highest BCUT2D eigenvalue weighted by Crippen LogP contribution is 2.66. The second-order valence-electron chi connectivity index (χ2n) is 6.87. The summed E-state index contributed by atoms with van der Waals surface area (Å²) in [5.74, 6) is 1.71. The van der Waals surface area contributed by atoms with Crippen molar-refractivity contribution in [3.63, 3.8) is 0 Å². The van der Waals surface area contributed by atoms with Crippen LogP contribution in [0.25, 0.3) is 0 Å². The molecule has 0 N–H and O–H groups in total. The van der Waals surface area contributed by atoms with Crippen molar-refractivity contribution in [2.24, 2.45) is 17.3 Å². The molecule has 0 spiro atoms. The molecule has 0 radical (unpaired) electrons. The highest BCUT2D eigenvalue weighted by Gasteiger charge is 2.69. The van der Waals surface area contributed by atoms with Crippen molar-refractivity contribution in [2.75, 3.05) is 7.05 Å². The van der Waals surface area contributed by atoms with Crippen LogP contribution in [0.15, 0.2) is 0 Å². The molecule has 0 aromatic carbocycles. The molecule has 1 saturated carbocycles. The molecule has 0 amide bonds. The lowest BCUT2D eigenvalue weighted by molar-refractivity contribution is 0.0210. The highest BCUT2D eigenvalue weighted by atomic mass is 15.3. The first kappa shape index (κ1) is 10.5. The Hall–Kier alpha value is -0.0400. The summed E-state index contributed by atoms with van der Waals surface area (Å²) >= 11 is 0. The fourth-order valence-electron chi connectivity index (χ4n) is 5.05. The first-order chi connectivity index (χ1) is 6.15. The van der Waals surface area contributed by atoms with Crippen LogP contribution < -0.4 is 0 Å². The predicted octanol–water partition coefficient (Wildman–Crippen LogP) is 3.15. The average Bonchev–Trinajstić information content (AvgIpc) is 2.21. The van der Waals surface area contributed by atoms with E-state index in [0.29, 0.717) is 16.5 Å². The summed E-state index contributed by atoms with van der Waals surface area (Å²) < 4.78 is 0. The van der Waals surface area contributed by atoms with Crippen LogP contribution >= 0.6 is 0 Å².